The Labute approximate surface area is 93.2 Å². The minimum absolute atomic E-state index is 0.00321. The Hall–Kier alpha value is -1.23. The van der Waals surface area contributed by atoms with E-state index in [2.05, 4.69) is 35.1 Å². The van der Waals surface area contributed by atoms with Gasteiger partial charge in [0.25, 0.3) is 0 Å². The zero-order chi connectivity index (χ0) is 11.1. The highest BCUT2D eigenvalue weighted by atomic mass is 32.1. The molecule has 2 aromatic heterocycles. The van der Waals surface area contributed by atoms with Crippen molar-refractivity contribution < 1.29 is 0 Å². The van der Waals surface area contributed by atoms with Gasteiger partial charge in [0, 0.05) is 29.3 Å². The van der Waals surface area contributed by atoms with Crippen molar-refractivity contribution in [1.29, 1.82) is 0 Å². The Morgan fingerprint density at radius 1 is 1.33 bits per heavy atom. The molecule has 2 heterocycles. The Morgan fingerprint density at radius 3 is 2.53 bits per heavy atom. The summed E-state index contributed by atoms with van der Waals surface area (Å²) >= 11 is 1.41. The monoisotopic (exact) mass is 222 g/mol. The molecule has 0 aliphatic rings. The number of aromatic nitrogens is 4. The first-order chi connectivity index (χ1) is 6.98. The summed E-state index contributed by atoms with van der Waals surface area (Å²) in [7, 11) is 0. The topological polar surface area (TPSA) is 43.6 Å². The SMILES string of the molecule is Cc1nccn1-c1nc(C(C)(C)C)ns1. The van der Waals surface area contributed by atoms with Gasteiger partial charge in [0.2, 0.25) is 5.13 Å². The number of nitrogens with zero attached hydrogens (tertiary/aromatic N) is 4. The largest absolute Gasteiger partial charge is 0.278 e. The highest BCUT2D eigenvalue weighted by Crippen LogP contribution is 2.22. The fourth-order valence-electron chi connectivity index (χ4n) is 1.20. The van der Waals surface area contributed by atoms with Gasteiger partial charge in [-0.1, -0.05) is 20.8 Å². The molecule has 0 fully saturated rings. The van der Waals surface area contributed by atoms with E-state index < -0.39 is 0 Å². The van der Waals surface area contributed by atoms with E-state index in [1.165, 1.54) is 11.5 Å². The fraction of sp³-hybridized carbons (Fsp3) is 0.500. The summed E-state index contributed by atoms with van der Waals surface area (Å²) in [6, 6.07) is 0. The third-order valence-electron chi connectivity index (χ3n) is 2.12. The van der Waals surface area contributed by atoms with Gasteiger partial charge in [-0.3, -0.25) is 4.57 Å². The molecule has 0 atom stereocenters. The van der Waals surface area contributed by atoms with Crippen LogP contribution >= 0.6 is 11.5 Å². The number of hydrogen-bond donors (Lipinski definition) is 0. The molecule has 0 bridgehead atoms. The van der Waals surface area contributed by atoms with E-state index in [4.69, 9.17) is 0 Å². The second-order valence-electron chi connectivity index (χ2n) is 4.50. The summed E-state index contributed by atoms with van der Waals surface area (Å²) in [5.74, 6) is 1.82. The standard InChI is InChI=1S/C10H14N4S/c1-7-11-5-6-14(7)9-12-8(13-15-9)10(2,3)4/h5-6H,1-4H3. The number of hydrogen-bond acceptors (Lipinski definition) is 4. The molecule has 0 saturated heterocycles. The number of rotatable bonds is 1. The van der Waals surface area contributed by atoms with Crippen LogP contribution in [0.2, 0.25) is 0 Å². The van der Waals surface area contributed by atoms with Crippen molar-refractivity contribution in [3.8, 4) is 5.13 Å². The van der Waals surface area contributed by atoms with Crippen LogP contribution in [0.15, 0.2) is 12.4 Å². The van der Waals surface area contributed by atoms with Gasteiger partial charge >= 0.3 is 0 Å². The second kappa shape index (κ2) is 3.41. The molecule has 0 aliphatic heterocycles. The minimum atomic E-state index is 0.00321. The Balaban J connectivity index is 2.41. The zero-order valence-electron chi connectivity index (χ0n) is 9.35. The van der Waals surface area contributed by atoms with Gasteiger partial charge in [0.15, 0.2) is 0 Å². The highest BCUT2D eigenvalue weighted by molar-refractivity contribution is 7.08. The molecule has 0 radical (unpaired) electrons. The third-order valence-corrected chi connectivity index (χ3v) is 2.83. The van der Waals surface area contributed by atoms with E-state index in [1.807, 2.05) is 17.7 Å². The molecule has 5 heteroatoms. The van der Waals surface area contributed by atoms with Gasteiger partial charge in [-0.15, -0.1) is 0 Å². The first kappa shape index (κ1) is 10.3. The molecule has 0 unspecified atom stereocenters. The van der Waals surface area contributed by atoms with Gasteiger partial charge in [-0.05, 0) is 6.92 Å². The Kier molecular flexibility index (Phi) is 2.34. The first-order valence-corrected chi connectivity index (χ1v) is 5.60. The van der Waals surface area contributed by atoms with Crippen LogP contribution < -0.4 is 0 Å². The molecule has 0 spiro atoms. The quantitative estimate of drug-likeness (QED) is 0.743. The zero-order valence-corrected chi connectivity index (χ0v) is 10.2. The number of imidazole rings is 1. The predicted octanol–water partition coefficient (Wildman–Crippen LogP) is 2.33. The summed E-state index contributed by atoms with van der Waals surface area (Å²) in [6.45, 7) is 8.29. The van der Waals surface area contributed by atoms with Crippen LogP contribution in [-0.4, -0.2) is 18.9 Å². The van der Waals surface area contributed by atoms with E-state index in [0.29, 0.717) is 0 Å². The van der Waals surface area contributed by atoms with Crippen molar-refractivity contribution in [2.45, 2.75) is 33.1 Å². The molecule has 0 saturated carbocycles. The molecule has 0 amide bonds. The average molecular weight is 222 g/mol. The molecule has 0 aromatic carbocycles. The third kappa shape index (κ3) is 1.92. The Morgan fingerprint density at radius 2 is 2.07 bits per heavy atom. The lowest BCUT2D eigenvalue weighted by molar-refractivity contribution is 0.553. The summed E-state index contributed by atoms with van der Waals surface area (Å²) in [4.78, 5) is 8.68. The van der Waals surface area contributed by atoms with Gasteiger partial charge < -0.3 is 0 Å². The maximum atomic E-state index is 4.52. The van der Waals surface area contributed by atoms with Crippen molar-refractivity contribution in [3.63, 3.8) is 0 Å². The van der Waals surface area contributed by atoms with Gasteiger partial charge in [-0.25, -0.2) is 9.97 Å². The molecular weight excluding hydrogens is 208 g/mol. The van der Waals surface area contributed by atoms with Crippen LogP contribution in [-0.2, 0) is 5.41 Å². The van der Waals surface area contributed by atoms with Crippen molar-refractivity contribution in [3.05, 3.63) is 24.0 Å². The van der Waals surface area contributed by atoms with Crippen LogP contribution in [0.4, 0.5) is 0 Å². The summed E-state index contributed by atoms with van der Waals surface area (Å²) < 4.78 is 6.32. The van der Waals surface area contributed by atoms with E-state index in [-0.39, 0.29) is 5.41 Å². The molecule has 0 aliphatic carbocycles. The average Bonchev–Trinajstić information content (AvgIpc) is 2.69. The van der Waals surface area contributed by atoms with Crippen LogP contribution in [0.3, 0.4) is 0 Å². The van der Waals surface area contributed by atoms with Crippen LogP contribution in [0.1, 0.15) is 32.4 Å². The molecule has 0 N–H and O–H groups in total. The summed E-state index contributed by atoms with van der Waals surface area (Å²) in [5, 5.41) is 0.884. The lowest BCUT2D eigenvalue weighted by Crippen LogP contribution is -2.13. The van der Waals surface area contributed by atoms with E-state index in [0.717, 1.165) is 16.8 Å². The first-order valence-electron chi connectivity index (χ1n) is 4.83. The lowest BCUT2D eigenvalue weighted by Gasteiger charge is -2.12. The molecule has 2 aromatic rings. The summed E-state index contributed by atoms with van der Waals surface area (Å²) in [6.07, 6.45) is 3.68. The van der Waals surface area contributed by atoms with Crippen LogP contribution in [0.5, 0.6) is 0 Å². The van der Waals surface area contributed by atoms with Gasteiger partial charge in [0.1, 0.15) is 11.6 Å². The van der Waals surface area contributed by atoms with E-state index in [9.17, 15) is 0 Å². The van der Waals surface area contributed by atoms with E-state index in [1.54, 1.807) is 6.20 Å². The van der Waals surface area contributed by atoms with Crippen LogP contribution in [0.25, 0.3) is 5.13 Å². The molecule has 2 rings (SSSR count). The van der Waals surface area contributed by atoms with Gasteiger partial charge in [0.05, 0.1) is 0 Å². The predicted molar refractivity (Wildman–Crippen MR) is 60.5 cm³/mol. The fourth-order valence-corrected chi connectivity index (χ4v) is 2.09. The molecule has 80 valence electrons. The number of aryl methyl sites for hydroxylation is 1. The van der Waals surface area contributed by atoms with E-state index >= 15 is 0 Å². The van der Waals surface area contributed by atoms with Crippen molar-refractivity contribution in [2.75, 3.05) is 0 Å². The molecule has 4 nitrogen and oxygen atoms in total. The smallest absolute Gasteiger partial charge is 0.214 e. The lowest BCUT2D eigenvalue weighted by atomic mass is 9.96. The van der Waals surface area contributed by atoms with Gasteiger partial charge in [-0.2, -0.15) is 4.37 Å². The van der Waals surface area contributed by atoms with Crippen LogP contribution in [0, 0.1) is 6.92 Å². The maximum absolute atomic E-state index is 4.52. The second-order valence-corrected chi connectivity index (χ2v) is 5.23. The van der Waals surface area contributed by atoms with Crippen molar-refractivity contribution >= 4 is 11.5 Å². The minimum Gasteiger partial charge on any atom is -0.278 e. The summed E-state index contributed by atoms with van der Waals surface area (Å²) in [5.41, 5.74) is 0.00321. The highest BCUT2D eigenvalue weighted by Gasteiger charge is 2.20. The molecular formula is C10H14N4S. The molecule has 15 heavy (non-hydrogen) atoms. The van der Waals surface area contributed by atoms with Crippen molar-refractivity contribution in [1.82, 2.24) is 18.9 Å². The Bertz CT molecular complexity index is 464. The van der Waals surface area contributed by atoms with Crippen molar-refractivity contribution in [2.24, 2.45) is 0 Å². The normalized spacial score (nSPS) is 12.0. The maximum Gasteiger partial charge on any atom is 0.214 e.